The third-order valence-corrected chi connectivity index (χ3v) is 4.92. The molecule has 2 nitrogen and oxygen atoms in total. The van der Waals surface area contributed by atoms with Gasteiger partial charge in [0.25, 0.3) is 0 Å². The highest BCUT2D eigenvalue weighted by molar-refractivity contribution is 4.88. The van der Waals surface area contributed by atoms with E-state index in [1.807, 2.05) is 0 Å². The average molecular weight is 283 g/mol. The maximum Gasteiger partial charge on any atom is 0.0102 e. The molecule has 0 heterocycles. The van der Waals surface area contributed by atoms with Crippen molar-refractivity contribution in [3.05, 3.63) is 0 Å². The minimum atomic E-state index is 0.340. The molecule has 0 amide bonds. The van der Waals surface area contributed by atoms with Gasteiger partial charge in [0.2, 0.25) is 0 Å². The molecule has 0 aromatic rings. The van der Waals surface area contributed by atoms with Crippen LogP contribution in [0.2, 0.25) is 0 Å². The van der Waals surface area contributed by atoms with E-state index in [1.54, 1.807) is 0 Å². The van der Waals surface area contributed by atoms with Crippen molar-refractivity contribution in [2.45, 2.75) is 85.7 Å². The lowest BCUT2D eigenvalue weighted by atomic mass is 9.84. The van der Waals surface area contributed by atoms with Gasteiger partial charge in [0.15, 0.2) is 0 Å². The molecule has 1 saturated carbocycles. The summed E-state index contributed by atoms with van der Waals surface area (Å²) in [6.07, 6.45) is 6.92. The van der Waals surface area contributed by atoms with Crippen LogP contribution in [0.5, 0.6) is 0 Å². The van der Waals surface area contributed by atoms with Crippen molar-refractivity contribution in [1.29, 1.82) is 0 Å². The van der Waals surface area contributed by atoms with Gasteiger partial charge in [0.05, 0.1) is 0 Å². The van der Waals surface area contributed by atoms with E-state index in [2.05, 4.69) is 51.8 Å². The summed E-state index contributed by atoms with van der Waals surface area (Å²) >= 11 is 0. The molecule has 0 spiro atoms. The number of hydrogen-bond acceptors (Lipinski definition) is 2. The minimum absolute atomic E-state index is 0.340. The van der Waals surface area contributed by atoms with Crippen molar-refractivity contribution in [3.63, 3.8) is 0 Å². The van der Waals surface area contributed by atoms with Gasteiger partial charge in [-0.05, 0) is 44.1 Å². The molecule has 1 N–H and O–H groups in total. The lowest BCUT2D eigenvalue weighted by molar-refractivity contribution is 0.0950. The molecule has 1 aliphatic rings. The fourth-order valence-electron chi connectivity index (χ4n) is 3.38. The van der Waals surface area contributed by atoms with E-state index >= 15 is 0 Å². The summed E-state index contributed by atoms with van der Waals surface area (Å²) in [7, 11) is 0. The number of hydrogen-bond donors (Lipinski definition) is 1. The summed E-state index contributed by atoms with van der Waals surface area (Å²) in [4.78, 5) is 2.79. The lowest BCUT2D eigenvalue weighted by Crippen LogP contribution is -2.50. The van der Waals surface area contributed by atoms with Gasteiger partial charge in [0, 0.05) is 25.2 Å². The molecule has 120 valence electrons. The number of rotatable bonds is 9. The van der Waals surface area contributed by atoms with Crippen molar-refractivity contribution in [2.24, 2.45) is 11.3 Å². The standard InChI is InChI=1S/C18H38N2/c1-7-12-19-16(4)18(5,6)14-20(13-15(2)3)17-10-8-9-11-17/h15-17,19H,7-14H2,1-6H3. The molecule has 0 radical (unpaired) electrons. The summed E-state index contributed by atoms with van der Waals surface area (Å²) in [6.45, 7) is 17.8. The molecule has 20 heavy (non-hydrogen) atoms. The molecular weight excluding hydrogens is 244 g/mol. The van der Waals surface area contributed by atoms with Crippen molar-refractivity contribution in [1.82, 2.24) is 10.2 Å². The third kappa shape index (κ3) is 5.73. The Balaban J connectivity index is 2.61. The molecule has 2 heteroatoms. The summed E-state index contributed by atoms with van der Waals surface area (Å²) in [6, 6.07) is 1.42. The maximum absolute atomic E-state index is 3.70. The first-order chi connectivity index (χ1) is 9.36. The monoisotopic (exact) mass is 282 g/mol. The molecule has 0 bridgehead atoms. The average Bonchev–Trinajstić information content (AvgIpc) is 2.87. The SMILES string of the molecule is CCCNC(C)C(C)(C)CN(CC(C)C)C1CCCC1. The Morgan fingerprint density at radius 3 is 2.25 bits per heavy atom. The quantitative estimate of drug-likeness (QED) is 0.678. The molecular formula is C18H38N2. The van der Waals surface area contributed by atoms with Gasteiger partial charge in [-0.1, -0.05) is 47.5 Å². The Labute approximate surface area is 127 Å². The fraction of sp³-hybridized carbons (Fsp3) is 1.00. The van der Waals surface area contributed by atoms with Crippen LogP contribution in [0.15, 0.2) is 0 Å². The van der Waals surface area contributed by atoms with Crippen LogP contribution in [0.3, 0.4) is 0 Å². The van der Waals surface area contributed by atoms with E-state index in [-0.39, 0.29) is 0 Å². The molecule has 0 aliphatic heterocycles. The molecule has 1 atom stereocenters. The summed E-state index contributed by atoms with van der Waals surface area (Å²) in [5.74, 6) is 0.769. The van der Waals surface area contributed by atoms with Gasteiger partial charge in [-0.3, -0.25) is 4.90 Å². The first kappa shape index (κ1) is 18.0. The van der Waals surface area contributed by atoms with Crippen molar-refractivity contribution in [2.75, 3.05) is 19.6 Å². The predicted octanol–water partition coefficient (Wildman–Crippen LogP) is 4.30. The highest BCUT2D eigenvalue weighted by atomic mass is 15.2. The molecule has 0 aromatic carbocycles. The topological polar surface area (TPSA) is 15.3 Å². The van der Waals surface area contributed by atoms with Gasteiger partial charge in [-0.2, -0.15) is 0 Å². The zero-order chi connectivity index (χ0) is 15.2. The second-order valence-electron chi connectivity index (χ2n) is 7.93. The summed E-state index contributed by atoms with van der Waals surface area (Å²) < 4.78 is 0. The largest absolute Gasteiger partial charge is 0.314 e. The van der Waals surface area contributed by atoms with E-state index in [9.17, 15) is 0 Å². The van der Waals surface area contributed by atoms with E-state index in [1.165, 1.54) is 45.2 Å². The third-order valence-electron chi connectivity index (χ3n) is 4.92. The summed E-state index contributed by atoms with van der Waals surface area (Å²) in [5.41, 5.74) is 0.340. The summed E-state index contributed by atoms with van der Waals surface area (Å²) in [5, 5.41) is 3.70. The first-order valence-corrected chi connectivity index (χ1v) is 8.84. The second-order valence-corrected chi connectivity index (χ2v) is 7.93. The fourth-order valence-corrected chi connectivity index (χ4v) is 3.38. The molecule has 1 rings (SSSR count). The van der Waals surface area contributed by atoms with Gasteiger partial charge < -0.3 is 5.32 Å². The Kier molecular flexibility index (Phi) is 7.53. The zero-order valence-electron chi connectivity index (χ0n) is 14.8. The molecule has 1 aliphatic carbocycles. The first-order valence-electron chi connectivity index (χ1n) is 8.84. The van der Waals surface area contributed by atoms with Crippen LogP contribution in [0, 0.1) is 11.3 Å². The zero-order valence-corrected chi connectivity index (χ0v) is 14.8. The van der Waals surface area contributed by atoms with Crippen LogP contribution in [-0.2, 0) is 0 Å². The van der Waals surface area contributed by atoms with Gasteiger partial charge in [-0.15, -0.1) is 0 Å². The van der Waals surface area contributed by atoms with Gasteiger partial charge in [-0.25, -0.2) is 0 Å². The molecule has 0 aromatic heterocycles. The lowest BCUT2D eigenvalue weighted by Gasteiger charge is -2.41. The van der Waals surface area contributed by atoms with Crippen molar-refractivity contribution < 1.29 is 0 Å². The van der Waals surface area contributed by atoms with Crippen LogP contribution in [0.25, 0.3) is 0 Å². The van der Waals surface area contributed by atoms with Crippen LogP contribution in [0.1, 0.15) is 73.6 Å². The van der Waals surface area contributed by atoms with Gasteiger partial charge in [0.1, 0.15) is 0 Å². The highest BCUT2D eigenvalue weighted by Crippen LogP contribution is 2.29. The van der Waals surface area contributed by atoms with E-state index in [4.69, 9.17) is 0 Å². The normalized spacial score (nSPS) is 19.2. The number of nitrogens with one attached hydrogen (secondary N) is 1. The van der Waals surface area contributed by atoms with E-state index in [0.29, 0.717) is 11.5 Å². The van der Waals surface area contributed by atoms with E-state index in [0.717, 1.165) is 18.5 Å². The molecule has 1 unspecified atom stereocenters. The number of nitrogens with zero attached hydrogens (tertiary/aromatic N) is 1. The maximum atomic E-state index is 3.70. The van der Waals surface area contributed by atoms with Crippen LogP contribution in [-0.4, -0.2) is 36.6 Å². The van der Waals surface area contributed by atoms with Crippen LogP contribution < -0.4 is 5.32 Å². The van der Waals surface area contributed by atoms with E-state index < -0.39 is 0 Å². The Hall–Kier alpha value is -0.0800. The van der Waals surface area contributed by atoms with Gasteiger partial charge >= 0.3 is 0 Å². The minimum Gasteiger partial charge on any atom is -0.314 e. The second kappa shape index (κ2) is 8.38. The predicted molar refractivity (Wildman–Crippen MR) is 90.2 cm³/mol. The Morgan fingerprint density at radius 2 is 1.75 bits per heavy atom. The Morgan fingerprint density at radius 1 is 1.15 bits per heavy atom. The molecule has 0 saturated heterocycles. The molecule has 1 fully saturated rings. The van der Waals surface area contributed by atoms with Crippen LogP contribution in [0.4, 0.5) is 0 Å². The van der Waals surface area contributed by atoms with Crippen LogP contribution >= 0.6 is 0 Å². The Bertz CT molecular complexity index is 254. The smallest absolute Gasteiger partial charge is 0.0102 e. The highest BCUT2D eigenvalue weighted by Gasteiger charge is 2.32. The van der Waals surface area contributed by atoms with Crippen molar-refractivity contribution in [3.8, 4) is 0 Å². The van der Waals surface area contributed by atoms with Crippen molar-refractivity contribution >= 4 is 0 Å².